The first-order valence-corrected chi connectivity index (χ1v) is 9.84. The summed E-state index contributed by atoms with van der Waals surface area (Å²) in [6, 6.07) is 8.75. The first-order valence-electron chi connectivity index (χ1n) is 9.84. The molecule has 0 radical (unpaired) electrons. The monoisotopic (exact) mass is 359 g/mol. The number of hydrogen-bond acceptors (Lipinski definition) is 4. The predicted molar refractivity (Wildman–Crippen MR) is 101 cm³/mol. The van der Waals surface area contributed by atoms with Crippen LogP contribution >= 0.6 is 0 Å². The smallest absolute Gasteiger partial charge is 0.317 e. The number of ether oxygens (including phenoxy) is 2. The molecule has 2 amide bonds. The maximum atomic E-state index is 12.5. The Kier molecular flexibility index (Phi) is 5.20. The molecule has 1 aromatic rings. The van der Waals surface area contributed by atoms with Gasteiger partial charge in [-0.2, -0.15) is 0 Å². The number of urea groups is 1. The molecule has 6 nitrogen and oxygen atoms in total. The molecular weight excluding hydrogens is 330 g/mol. The molecule has 0 spiro atoms. The molecule has 2 atom stereocenters. The SMILES string of the molecule is CCOc1ccc(N2CC3CN(C(=O)NC4CCOCC4)CC3C2)cc1. The van der Waals surface area contributed by atoms with Crippen LogP contribution in [0.25, 0.3) is 0 Å². The van der Waals surface area contributed by atoms with Crippen molar-refractivity contribution in [3.63, 3.8) is 0 Å². The van der Waals surface area contributed by atoms with E-state index in [1.165, 1.54) is 5.69 Å². The number of nitrogens with one attached hydrogen (secondary N) is 1. The van der Waals surface area contributed by atoms with Crippen LogP contribution in [0.5, 0.6) is 5.75 Å². The maximum Gasteiger partial charge on any atom is 0.317 e. The third-order valence-corrected chi connectivity index (χ3v) is 5.84. The topological polar surface area (TPSA) is 54.0 Å². The molecule has 3 aliphatic heterocycles. The molecule has 4 rings (SSSR count). The van der Waals surface area contributed by atoms with Crippen molar-refractivity contribution in [3.05, 3.63) is 24.3 Å². The third-order valence-electron chi connectivity index (χ3n) is 5.84. The largest absolute Gasteiger partial charge is 0.494 e. The highest BCUT2D eigenvalue weighted by molar-refractivity contribution is 5.75. The Labute approximate surface area is 155 Å². The molecule has 0 aliphatic carbocycles. The highest BCUT2D eigenvalue weighted by Gasteiger charge is 2.42. The van der Waals surface area contributed by atoms with Gasteiger partial charge in [0.05, 0.1) is 6.61 Å². The first-order chi connectivity index (χ1) is 12.7. The van der Waals surface area contributed by atoms with Crippen LogP contribution in [0.2, 0.25) is 0 Å². The molecule has 1 N–H and O–H groups in total. The van der Waals surface area contributed by atoms with Gasteiger partial charge in [0.2, 0.25) is 0 Å². The van der Waals surface area contributed by atoms with Crippen LogP contribution in [0, 0.1) is 11.8 Å². The number of hydrogen-bond donors (Lipinski definition) is 1. The molecule has 3 saturated heterocycles. The van der Waals surface area contributed by atoms with Crippen molar-refractivity contribution >= 4 is 11.7 Å². The van der Waals surface area contributed by atoms with E-state index in [1.54, 1.807) is 0 Å². The van der Waals surface area contributed by atoms with E-state index in [0.29, 0.717) is 18.4 Å². The van der Waals surface area contributed by atoms with E-state index in [-0.39, 0.29) is 12.1 Å². The summed E-state index contributed by atoms with van der Waals surface area (Å²) in [5.74, 6) is 2.07. The normalized spacial score (nSPS) is 26.0. The summed E-state index contributed by atoms with van der Waals surface area (Å²) in [6.45, 7) is 8.00. The van der Waals surface area contributed by atoms with Crippen molar-refractivity contribution in [3.8, 4) is 5.75 Å². The van der Waals surface area contributed by atoms with Gasteiger partial charge >= 0.3 is 6.03 Å². The third kappa shape index (κ3) is 3.75. The molecule has 0 aromatic heterocycles. The fourth-order valence-corrected chi connectivity index (χ4v) is 4.40. The average Bonchev–Trinajstić information content (AvgIpc) is 3.23. The summed E-state index contributed by atoms with van der Waals surface area (Å²) in [5, 5.41) is 3.19. The van der Waals surface area contributed by atoms with E-state index >= 15 is 0 Å². The van der Waals surface area contributed by atoms with Gasteiger partial charge in [0.25, 0.3) is 0 Å². The molecule has 1 aromatic carbocycles. The number of carbonyl (C=O) groups excluding carboxylic acids is 1. The minimum absolute atomic E-state index is 0.110. The Morgan fingerprint density at radius 2 is 1.77 bits per heavy atom. The van der Waals surface area contributed by atoms with Crippen LogP contribution in [0.3, 0.4) is 0 Å². The number of carbonyl (C=O) groups is 1. The highest BCUT2D eigenvalue weighted by atomic mass is 16.5. The summed E-state index contributed by atoms with van der Waals surface area (Å²) in [6.07, 6.45) is 1.86. The lowest BCUT2D eigenvalue weighted by Gasteiger charge is -2.27. The van der Waals surface area contributed by atoms with Gasteiger partial charge in [-0.25, -0.2) is 4.79 Å². The molecular formula is C20H29N3O3. The Morgan fingerprint density at radius 3 is 2.38 bits per heavy atom. The fourth-order valence-electron chi connectivity index (χ4n) is 4.40. The Morgan fingerprint density at radius 1 is 1.12 bits per heavy atom. The number of likely N-dealkylation sites (tertiary alicyclic amines) is 1. The second-order valence-electron chi connectivity index (χ2n) is 7.59. The molecule has 142 valence electrons. The van der Waals surface area contributed by atoms with Crippen LogP contribution in [0.15, 0.2) is 24.3 Å². The van der Waals surface area contributed by atoms with Crippen LogP contribution in [-0.2, 0) is 4.74 Å². The van der Waals surface area contributed by atoms with Gasteiger partial charge in [-0.15, -0.1) is 0 Å². The van der Waals surface area contributed by atoms with Crippen molar-refractivity contribution in [2.24, 2.45) is 11.8 Å². The zero-order valence-electron chi connectivity index (χ0n) is 15.5. The number of rotatable bonds is 4. The Hall–Kier alpha value is -1.95. The molecule has 3 aliphatic rings. The van der Waals surface area contributed by atoms with Gasteiger partial charge < -0.3 is 24.6 Å². The van der Waals surface area contributed by atoms with Crippen LogP contribution in [0.4, 0.5) is 10.5 Å². The van der Waals surface area contributed by atoms with Gasteiger partial charge in [0.15, 0.2) is 0 Å². The van der Waals surface area contributed by atoms with Crippen molar-refractivity contribution in [2.45, 2.75) is 25.8 Å². The van der Waals surface area contributed by atoms with Crippen LogP contribution < -0.4 is 15.0 Å². The van der Waals surface area contributed by atoms with E-state index in [1.807, 2.05) is 24.0 Å². The fraction of sp³-hybridized carbons (Fsp3) is 0.650. The summed E-state index contributed by atoms with van der Waals surface area (Å²) in [5.41, 5.74) is 1.25. The number of amides is 2. The predicted octanol–water partition coefficient (Wildman–Crippen LogP) is 2.34. The molecule has 6 heteroatoms. The zero-order chi connectivity index (χ0) is 17.9. The lowest BCUT2D eigenvalue weighted by Crippen LogP contribution is -2.46. The van der Waals surface area contributed by atoms with Crippen molar-refractivity contribution in [1.82, 2.24) is 10.2 Å². The molecule has 0 bridgehead atoms. The number of benzene rings is 1. The number of nitrogens with zero attached hydrogens (tertiary/aromatic N) is 2. The average molecular weight is 359 g/mol. The summed E-state index contributed by atoms with van der Waals surface area (Å²) in [7, 11) is 0. The van der Waals surface area contributed by atoms with Gasteiger partial charge in [0, 0.05) is 63.0 Å². The van der Waals surface area contributed by atoms with Crippen LogP contribution in [-0.4, -0.2) is 63.0 Å². The number of anilines is 1. The molecule has 2 unspecified atom stereocenters. The minimum atomic E-state index is 0.110. The summed E-state index contributed by atoms with van der Waals surface area (Å²) < 4.78 is 10.9. The quantitative estimate of drug-likeness (QED) is 0.897. The second-order valence-corrected chi connectivity index (χ2v) is 7.59. The highest BCUT2D eigenvalue weighted by Crippen LogP contribution is 2.34. The van der Waals surface area contributed by atoms with Gasteiger partial charge in [-0.1, -0.05) is 0 Å². The molecule has 3 fully saturated rings. The van der Waals surface area contributed by atoms with Crippen LogP contribution in [0.1, 0.15) is 19.8 Å². The van der Waals surface area contributed by atoms with Crippen molar-refractivity contribution in [2.75, 3.05) is 50.9 Å². The summed E-state index contributed by atoms with van der Waals surface area (Å²) in [4.78, 5) is 17.0. The molecule has 3 heterocycles. The van der Waals surface area contributed by atoms with E-state index in [0.717, 1.165) is 58.0 Å². The van der Waals surface area contributed by atoms with E-state index < -0.39 is 0 Å². The first kappa shape index (κ1) is 17.5. The van der Waals surface area contributed by atoms with Gasteiger partial charge in [-0.05, 0) is 44.0 Å². The van der Waals surface area contributed by atoms with E-state index in [4.69, 9.17) is 9.47 Å². The van der Waals surface area contributed by atoms with Gasteiger partial charge in [0.1, 0.15) is 5.75 Å². The summed E-state index contributed by atoms with van der Waals surface area (Å²) >= 11 is 0. The lowest BCUT2D eigenvalue weighted by molar-refractivity contribution is 0.0784. The van der Waals surface area contributed by atoms with Crippen molar-refractivity contribution in [1.29, 1.82) is 0 Å². The second kappa shape index (κ2) is 7.74. The zero-order valence-corrected chi connectivity index (χ0v) is 15.5. The molecule has 26 heavy (non-hydrogen) atoms. The van der Waals surface area contributed by atoms with Gasteiger partial charge in [-0.3, -0.25) is 0 Å². The molecule has 0 saturated carbocycles. The maximum absolute atomic E-state index is 12.5. The Balaban J connectivity index is 1.28. The van der Waals surface area contributed by atoms with E-state index in [9.17, 15) is 4.79 Å². The lowest BCUT2D eigenvalue weighted by atomic mass is 10.0. The minimum Gasteiger partial charge on any atom is -0.494 e. The van der Waals surface area contributed by atoms with E-state index in [2.05, 4.69) is 22.3 Å². The Bertz CT molecular complexity index is 601. The van der Waals surface area contributed by atoms with Crippen molar-refractivity contribution < 1.29 is 14.3 Å². The number of fused-ring (bicyclic) bond motifs is 1. The standard InChI is InChI=1S/C20H29N3O3/c1-2-26-19-5-3-18(4-6-19)22-11-15-13-23(14-16(15)12-22)20(24)21-17-7-9-25-10-8-17/h3-6,15-17H,2,7-14H2,1H3,(H,21,24).